The molecule has 1 aromatic heterocycles. The molecule has 1 rings (SSSR count). The van der Waals surface area contributed by atoms with Gasteiger partial charge in [0.15, 0.2) is 0 Å². The van der Waals surface area contributed by atoms with Gasteiger partial charge in [-0.05, 0) is 6.07 Å². The topological polar surface area (TPSA) is 65.4 Å². The Morgan fingerprint density at radius 2 is 1.94 bits per heavy atom. The maximum Gasteiger partial charge on any atom is 0.417 e. The van der Waals surface area contributed by atoms with E-state index in [9.17, 15) is 13.2 Å². The lowest BCUT2D eigenvalue weighted by Crippen LogP contribution is -2.28. The maximum atomic E-state index is 12.3. The van der Waals surface area contributed by atoms with Crippen molar-refractivity contribution in [2.45, 2.75) is 12.2 Å². The minimum atomic E-state index is -4.51. The molecule has 0 fully saturated rings. The molecule has 0 saturated heterocycles. The van der Waals surface area contributed by atoms with Gasteiger partial charge in [0.1, 0.15) is 5.82 Å². The van der Waals surface area contributed by atoms with Crippen LogP contribution in [-0.4, -0.2) is 34.5 Å². The Balaban J connectivity index is 2.90. The van der Waals surface area contributed by atoms with Crippen molar-refractivity contribution in [1.82, 2.24) is 4.98 Å². The summed E-state index contributed by atoms with van der Waals surface area (Å²) in [6, 6.07) is -0.000345. The van der Waals surface area contributed by atoms with Gasteiger partial charge in [0.25, 0.3) is 0 Å². The van der Waals surface area contributed by atoms with E-state index in [4.69, 9.17) is 21.8 Å². The first kappa shape index (κ1) is 14.0. The molecule has 0 unspecified atom stereocenters. The molecule has 1 aromatic rings. The molecule has 0 aromatic carbocycles. The van der Waals surface area contributed by atoms with Crippen LogP contribution in [0.25, 0.3) is 0 Å². The minimum Gasteiger partial charge on any atom is -0.394 e. The monoisotopic (exact) mass is 270 g/mol. The van der Waals surface area contributed by atoms with Crippen molar-refractivity contribution in [3.05, 3.63) is 22.8 Å². The van der Waals surface area contributed by atoms with Crippen molar-refractivity contribution >= 4 is 17.4 Å². The van der Waals surface area contributed by atoms with Crippen LogP contribution in [0.5, 0.6) is 0 Å². The number of hydrogen-bond acceptors (Lipinski definition) is 4. The summed E-state index contributed by atoms with van der Waals surface area (Å²) in [5, 5.41) is 19.9. The highest BCUT2D eigenvalue weighted by Crippen LogP contribution is 2.32. The molecule has 0 atom stereocenters. The van der Waals surface area contributed by atoms with Gasteiger partial charge in [0.05, 0.1) is 29.8 Å². The lowest BCUT2D eigenvalue weighted by atomic mass is 10.2. The van der Waals surface area contributed by atoms with E-state index in [2.05, 4.69) is 10.3 Å². The smallest absolute Gasteiger partial charge is 0.394 e. The third-order valence-electron chi connectivity index (χ3n) is 1.95. The standard InChI is InChI=1S/C9H10ClF3N2O2/c10-7-1-5(9(11,12)13)2-14-8(7)15-6(3-16)4-17/h1-2,6,16-17H,3-4H2,(H,14,15). The number of rotatable bonds is 4. The van der Waals surface area contributed by atoms with Gasteiger partial charge in [-0.15, -0.1) is 0 Å². The highest BCUT2D eigenvalue weighted by molar-refractivity contribution is 6.33. The first-order valence-corrected chi connectivity index (χ1v) is 4.97. The van der Waals surface area contributed by atoms with Crippen LogP contribution in [0.4, 0.5) is 19.0 Å². The second kappa shape index (κ2) is 5.52. The van der Waals surface area contributed by atoms with Crippen molar-refractivity contribution in [3.63, 3.8) is 0 Å². The van der Waals surface area contributed by atoms with Crippen molar-refractivity contribution in [1.29, 1.82) is 0 Å². The number of pyridine rings is 1. The van der Waals surface area contributed by atoms with Gasteiger partial charge in [-0.1, -0.05) is 11.6 Å². The molecule has 4 nitrogen and oxygen atoms in total. The Morgan fingerprint density at radius 3 is 2.35 bits per heavy atom. The second-order valence-electron chi connectivity index (χ2n) is 3.26. The molecule has 17 heavy (non-hydrogen) atoms. The van der Waals surface area contributed by atoms with Gasteiger partial charge < -0.3 is 15.5 Å². The van der Waals surface area contributed by atoms with E-state index >= 15 is 0 Å². The number of alkyl halides is 3. The summed E-state index contributed by atoms with van der Waals surface area (Å²) in [7, 11) is 0. The van der Waals surface area contributed by atoms with Crippen molar-refractivity contribution in [3.8, 4) is 0 Å². The van der Waals surface area contributed by atoms with Crippen LogP contribution in [0, 0.1) is 0 Å². The largest absolute Gasteiger partial charge is 0.417 e. The zero-order valence-corrected chi connectivity index (χ0v) is 9.26. The summed E-state index contributed by atoms with van der Waals surface area (Å²) in [6.45, 7) is -0.787. The lowest BCUT2D eigenvalue weighted by molar-refractivity contribution is -0.137. The van der Waals surface area contributed by atoms with Crippen molar-refractivity contribution in [2.24, 2.45) is 0 Å². The molecule has 0 spiro atoms. The summed E-state index contributed by atoms with van der Waals surface area (Å²) >= 11 is 5.61. The average molecular weight is 271 g/mol. The van der Waals surface area contributed by atoms with Crippen molar-refractivity contribution in [2.75, 3.05) is 18.5 Å². The van der Waals surface area contributed by atoms with Gasteiger partial charge in [0.2, 0.25) is 0 Å². The first-order valence-electron chi connectivity index (χ1n) is 4.59. The number of aromatic nitrogens is 1. The maximum absolute atomic E-state index is 12.3. The van der Waals surface area contributed by atoms with E-state index in [0.29, 0.717) is 6.20 Å². The zero-order valence-electron chi connectivity index (χ0n) is 8.50. The second-order valence-corrected chi connectivity index (χ2v) is 3.67. The number of nitrogens with zero attached hydrogens (tertiary/aromatic N) is 1. The summed E-state index contributed by atoms with van der Waals surface area (Å²) in [4.78, 5) is 3.50. The van der Waals surface area contributed by atoms with E-state index < -0.39 is 31.0 Å². The van der Waals surface area contributed by atoms with Crippen LogP contribution < -0.4 is 5.32 Å². The Labute approximate surface area is 100 Å². The van der Waals surface area contributed by atoms with E-state index in [1.165, 1.54) is 0 Å². The fourth-order valence-electron chi connectivity index (χ4n) is 1.04. The molecule has 0 aliphatic carbocycles. The van der Waals surface area contributed by atoms with Crippen LogP contribution in [0.1, 0.15) is 5.56 Å². The summed E-state index contributed by atoms with van der Waals surface area (Å²) < 4.78 is 36.9. The van der Waals surface area contributed by atoms with Gasteiger partial charge in [-0.2, -0.15) is 13.2 Å². The zero-order chi connectivity index (χ0) is 13.1. The highest BCUT2D eigenvalue weighted by Gasteiger charge is 2.31. The predicted octanol–water partition coefficient (Wildman–Crippen LogP) is 1.52. The van der Waals surface area contributed by atoms with E-state index in [-0.39, 0.29) is 10.8 Å². The van der Waals surface area contributed by atoms with Gasteiger partial charge in [-0.25, -0.2) is 4.98 Å². The van der Waals surface area contributed by atoms with Crippen LogP contribution in [0.3, 0.4) is 0 Å². The lowest BCUT2D eigenvalue weighted by Gasteiger charge is -2.15. The number of halogens is 4. The Bertz CT molecular complexity index is 383. The molecule has 8 heteroatoms. The number of anilines is 1. The Kier molecular flexibility index (Phi) is 4.55. The summed E-state index contributed by atoms with van der Waals surface area (Å²) in [5.74, 6) is -0.0206. The van der Waals surface area contributed by atoms with Gasteiger partial charge in [0, 0.05) is 6.20 Å². The summed E-state index contributed by atoms with van der Waals surface area (Å²) in [5.41, 5.74) is -0.961. The minimum absolute atomic E-state index is 0.0206. The van der Waals surface area contributed by atoms with Crippen LogP contribution in [-0.2, 0) is 6.18 Å². The number of hydrogen-bond donors (Lipinski definition) is 3. The number of aliphatic hydroxyl groups is 2. The molecule has 0 saturated carbocycles. The fourth-order valence-corrected chi connectivity index (χ4v) is 1.26. The van der Waals surface area contributed by atoms with E-state index in [1.807, 2.05) is 0 Å². The molecule has 0 bridgehead atoms. The molecule has 0 radical (unpaired) electrons. The SMILES string of the molecule is OCC(CO)Nc1ncc(C(F)(F)F)cc1Cl. The first-order chi connectivity index (χ1) is 7.88. The molecule has 0 aliphatic heterocycles. The predicted molar refractivity (Wildman–Crippen MR) is 55.8 cm³/mol. The van der Waals surface area contributed by atoms with Gasteiger partial charge >= 0.3 is 6.18 Å². The van der Waals surface area contributed by atoms with Crippen LogP contribution in [0.15, 0.2) is 12.3 Å². The molecular weight excluding hydrogens is 261 g/mol. The molecule has 1 heterocycles. The molecule has 0 aliphatic rings. The normalized spacial score (nSPS) is 11.9. The summed E-state index contributed by atoms with van der Waals surface area (Å²) in [6.07, 6.45) is -3.89. The molecule has 3 N–H and O–H groups in total. The van der Waals surface area contributed by atoms with Crippen molar-refractivity contribution < 1.29 is 23.4 Å². The average Bonchev–Trinajstić information content (AvgIpc) is 2.26. The number of aliphatic hydroxyl groups excluding tert-OH is 2. The third kappa shape index (κ3) is 3.72. The molecular formula is C9H10ClF3N2O2. The molecule has 0 amide bonds. The van der Waals surface area contributed by atoms with E-state index in [0.717, 1.165) is 6.07 Å². The highest BCUT2D eigenvalue weighted by atomic mass is 35.5. The fraction of sp³-hybridized carbons (Fsp3) is 0.444. The Morgan fingerprint density at radius 1 is 1.35 bits per heavy atom. The van der Waals surface area contributed by atoms with Crippen LogP contribution in [0.2, 0.25) is 5.02 Å². The van der Waals surface area contributed by atoms with E-state index in [1.54, 1.807) is 0 Å². The Hall–Kier alpha value is -1.05. The van der Waals surface area contributed by atoms with Crippen LogP contribution >= 0.6 is 11.6 Å². The number of nitrogens with one attached hydrogen (secondary N) is 1. The molecule has 96 valence electrons. The van der Waals surface area contributed by atoms with Gasteiger partial charge in [-0.3, -0.25) is 0 Å². The third-order valence-corrected chi connectivity index (χ3v) is 2.24. The quantitative estimate of drug-likeness (QED) is 0.776.